The molecule has 0 fully saturated rings. The molecule has 0 N–H and O–H groups in total. The lowest BCUT2D eigenvalue weighted by atomic mass is 10.1. The molecule has 1 aromatic rings. The van der Waals surface area contributed by atoms with E-state index in [9.17, 15) is 9.59 Å². The average Bonchev–Trinajstić information content (AvgIpc) is 2.61. The predicted octanol–water partition coefficient (Wildman–Crippen LogP) is 1.90. The fourth-order valence-corrected chi connectivity index (χ4v) is 1.81. The molecule has 0 spiro atoms. The molecule has 1 aromatic carbocycles. The summed E-state index contributed by atoms with van der Waals surface area (Å²) < 4.78 is 10.4. The Labute approximate surface area is 144 Å². The summed E-state index contributed by atoms with van der Waals surface area (Å²) >= 11 is 0. The lowest BCUT2D eigenvalue weighted by Gasteiger charge is -2.14. The van der Waals surface area contributed by atoms with Crippen LogP contribution in [0.1, 0.15) is 34.6 Å². The third-order valence-corrected chi connectivity index (χ3v) is 3.85. The summed E-state index contributed by atoms with van der Waals surface area (Å²) in [4.78, 5) is 27.9. The van der Waals surface area contributed by atoms with Crippen molar-refractivity contribution < 1.29 is 19.1 Å². The summed E-state index contributed by atoms with van der Waals surface area (Å²) in [5.74, 6) is -0.770. The molecule has 0 amide bonds. The summed E-state index contributed by atoms with van der Waals surface area (Å²) in [6.07, 6.45) is 0. The van der Waals surface area contributed by atoms with Crippen LogP contribution in [0.4, 0.5) is 0 Å². The maximum atomic E-state index is 11.9. The van der Waals surface area contributed by atoms with E-state index in [2.05, 4.69) is 9.80 Å². The first kappa shape index (κ1) is 20.1. The molecule has 6 nitrogen and oxygen atoms in total. The Hall–Kier alpha value is -1.92. The first-order chi connectivity index (χ1) is 11.5. The zero-order chi connectivity index (χ0) is 17.9. The van der Waals surface area contributed by atoms with Gasteiger partial charge in [-0.05, 0) is 51.5 Å². The molecule has 0 aliphatic heterocycles. The molecule has 0 saturated carbocycles. The van der Waals surface area contributed by atoms with E-state index in [4.69, 9.17) is 9.47 Å². The molecule has 0 heterocycles. The normalized spacial score (nSPS) is 10.9. The van der Waals surface area contributed by atoms with Crippen LogP contribution in [-0.4, -0.2) is 75.2 Å². The Kier molecular flexibility index (Phi) is 9.04. The van der Waals surface area contributed by atoms with E-state index in [1.54, 1.807) is 24.3 Å². The number of esters is 2. The second-order valence-electron chi connectivity index (χ2n) is 5.64. The van der Waals surface area contributed by atoms with Gasteiger partial charge in [-0.15, -0.1) is 0 Å². The fraction of sp³-hybridized carbons (Fsp3) is 0.556. The average molecular weight is 336 g/mol. The minimum absolute atomic E-state index is 0.345. The second kappa shape index (κ2) is 10.8. The van der Waals surface area contributed by atoms with Gasteiger partial charge in [0, 0.05) is 13.1 Å². The molecule has 0 aliphatic rings. The smallest absolute Gasteiger partial charge is 0.338 e. The zero-order valence-electron chi connectivity index (χ0n) is 15.1. The van der Waals surface area contributed by atoms with Gasteiger partial charge < -0.3 is 19.3 Å². The number of carbonyl (C=O) groups is 2. The van der Waals surface area contributed by atoms with Crippen LogP contribution in [0.2, 0.25) is 0 Å². The highest BCUT2D eigenvalue weighted by Crippen LogP contribution is 2.07. The molecule has 24 heavy (non-hydrogen) atoms. The van der Waals surface area contributed by atoms with Crippen molar-refractivity contribution in [1.82, 2.24) is 9.80 Å². The molecule has 134 valence electrons. The highest BCUT2D eigenvalue weighted by molar-refractivity contribution is 5.93. The monoisotopic (exact) mass is 336 g/mol. The molecule has 0 radical (unpaired) electrons. The lowest BCUT2D eigenvalue weighted by Crippen LogP contribution is -2.24. The highest BCUT2D eigenvalue weighted by atomic mass is 16.5. The summed E-state index contributed by atoms with van der Waals surface area (Å²) in [5.41, 5.74) is 0.854. The van der Waals surface area contributed by atoms with Crippen molar-refractivity contribution in [2.24, 2.45) is 0 Å². The maximum Gasteiger partial charge on any atom is 0.338 e. The van der Waals surface area contributed by atoms with E-state index in [0.717, 1.165) is 13.1 Å². The third-order valence-electron chi connectivity index (χ3n) is 3.85. The fourth-order valence-electron chi connectivity index (χ4n) is 1.81. The van der Waals surface area contributed by atoms with E-state index in [1.165, 1.54) is 0 Å². The van der Waals surface area contributed by atoms with Gasteiger partial charge in [0.15, 0.2) is 0 Å². The SMILES string of the molecule is CCN(C)CCOC(=O)c1ccc(C(=O)OCCN(C)CC)cc1. The summed E-state index contributed by atoms with van der Waals surface area (Å²) in [7, 11) is 3.93. The number of hydrogen-bond acceptors (Lipinski definition) is 6. The van der Waals surface area contributed by atoms with Crippen molar-refractivity contribution in [3.8, 4) is 0 Å². The standard InChI is InChI=1S/C18H28N2O4/c1-5-19(3)11-13-23-17(21)15-7-9-16(10-8-15)18(22)24-14-12-20(4)6-2/h7-10H,5-6,11-14H2,1-4H3. The van der Waals surface area contributed by atoms with Crippen molar-refractivity contribution in [1.29, 1.82) is 0 Å². The van der Waals surface area contributed by atoms with Crippen LogP contribution in [0.3, 0.4) is 0 Å². The van der Waals surface area contributed by atoms with Gasteiger partial charge in [-0.25, -0.2) is 9.59 Å². The molecule has 0 saturated heterocycles. The van der Waals surface area contributed by atoms with Crippen LogP contribution >= 0.6 is 0 Å². The second-order valence-corrected chi connectivity index (χ2v) is 5.64. The molecule has 0 bridgehead atoms. The molecule has 0 unspecified atom stereocenters. The number of benzene rings is 1. The van der Waals surface area contributed by atoms with Crippen molar-refractivity contribution in [2.75, 3.05) is 53.5 Å². The number of hydrogen-bond donors (Lipinski definition) is 0. The van der Waals surface area contributed by atoms with Gasteiger partial charge in [0.2, 0.25) is 0 Å². The van der Waals surface area contributed by atoms with Crippen LogP contribution in [0.25, 0.3) is 0 Å². The molecule has 0 aliphatic carbocycles. The van der Waals surface area contributed by atoms with Crippen LogP contribution in [0.5, 0.6) is 0 Å². The summed E-state index contributed by atoms with van der Waals surface area (Å²) in [6, 6.07) is 6.34. The predicted molar refractivity (Wildman–Crippen MR) is 93.3 cm³/mol. The molecular formula is C18H28N2O4. The lowest BCUT2D eigenvalue weighted by molar-refractivity contribution is 0.0460. The Morgan fingerprint density at radius 2 is 1.12 bits per heavy atom. The molecule has 0 aromatic heterocycles. The highest BCUT2D eigenvalue weighted by Gasteiger charge is 2.11. The minimum Gasteiger partial charge on any atom is -0.461 e. The van der Waals surface area contributed by atoms with Crippen molar-refractivity contribution in [3.63, 3.8) is 0 Å². The topological polar surface area (TPSA) is 59.1 Å². The van der Waals surface area contributed by atoms with Gasteiger partial charge in [0.1, 0.15) is 13.2 Å². The molecule has 0 atom stereocenters. The van der Waals surface area contributed by atoms with Crippen LogP contribution < -0.4 is 0 Å². The number of likely N-dealkylation sites (N-methyl/N-ethyl adjacent to an activating group) is 2. The van der Waals surface area contributed by atoms with E-state index in [-0.39, 0.29) is 11.9 Å². The van der Waals surface area contributed by atoms with Gasteiger partial charge in [-0.2, -0.15) is 0 Å². The van der Waals surface area contributed by atoms with E-state index < -0.39 is 0 Å². The number of nitrogens with zero attached hydrogens (tertiary/aromatic N) is 2. The van der Waals surface area contributed by atoms with E-state index >= 15 is 0 Å². The van der Waals surface area contributed by atoms with Crippen LogP contribution in [0.15, 0.2) is 24.3 Å². The maximum absolute atomic E-state index is 11.9. The van der Waals surface area contributed by atoms with Crippen molar-refractivity contribution in [3.05, 3.63) is 35.4 Å². The van der Waals surface area contributed by atoms with Gasteiger partial charge in [0.25, 0.3) is 0 Å². The van der Waals surface area contributed by atoms with Gasteiger partial charge in [0.05, 0.1) is 11.1 Å². The quantitative estimate of drug-likeness (QED) is 0.608. The minimum atomic E-state index is -0.385. The van der Waals surface area contributed by atoms with Gasteiger partial charge >= 0.3 is 11.9 Å². The largest absolute Gasteiger partial charge is 0.461 e. The Morgan fingerprint density at radius 3 is 1.42 bits per heavy atom. The number of carbonyl (C=O) groups excluding carboxylic acids is 2. The first-order valence-corrected chi connectivity index (χ1v) is 8.29. The first-order valence-electron chi connectivity index (χ1n) is 8.29. The van der Waals surface area contributed by atoms with Crippen molar-refractivity contribution in [2.45, 2.75) is 13.8 Å². The Morgan fingerprint density at radius 1 is 0.792 bits per heavy atom. The number of rotatable bonds is 10. The molecular weight excluding hydrogens is 308 g/mol. The number of ether oxygens (including phenoxy) is 2. The molecule has 6 heteroatoms. The van der Waals surface area contributed by atoms with Crippen LogP contribution in [0, 0.1) is 0 Å². The zero-order valence-corrected chi connectivity index (χ0v) is 15.1. The van der Waals surface area contributed by atoms with E-state index in [0.29, 0.717) is 37.4 Å². The Bertz CT molecular complexity index is 469. The molecule has 1 rings (SSSR count). The van der Waals surface area contributed by atoms with E-state index in [1.807, 2.05) is 27.9 Å². The third kappa shape index (κ3) is 7.10. The van der Waals surface area contributed by atoms with Gasteiger partial charge in [-0.1, -0.05) is 13.8 Å². The Balaban J connectivity index is 2.44. The summed E-state index contributed by atoms with van der Waals surface area (Å²) in [6.45, 7) is 7.97. The van der Waals surface area contributed by atoms with Gasteiger partial charge in [-0.3, -0.25) is 0 Å². The van der Waals surface area contributed by atoms with Crippen LogP contribution in [-0.2, 0) is 9.47 Å². The van der Waals surface area contributed by atoms with Crippen molar-refractivity contribution >= 4 is 11.9 Å². The summed E-state index contributed by atoms with van der Waals surface area (Å²) in [5, 5.41) is 0.